The molecule has 0 fully saturated rings. The Labute approximate surface area is 110 Å². The molecule has 1 aromatic rings. The van der Waals surface area contributed by atoms with Crippen LogP contribution in [0.4, 0.5) is 5.69 Å². The van der Waals surface area contributed by atoms with Crippen molar-refractivity contribution in [2.45, 2.75) is 40.2 Å². The molecule has 3 heteroatoms. The van der Waals surface area contributed by atoms with Crippen LogP contribution in [0, 0.1) is 12.8 Å². The molecular formula is C15H23NO2. The summed E-state index contributed by atoms with van der Waals surface area (Å²) >= 11 is 0. The lowest BCUT2D eigenvalue weighted by molar-refractivity contribution is 0.0600. The number of esters is 1. The molecule has 0 amide bonds. The van der Waals surface area contributed by atoms with Gasteiger partial charge >= 0.3 is 5.97 Å². The topological polar surface area (TPSA) is 38.3 Å². The van der Waals surface area contributed by atoms with E-state index < -0.39 is 0 Å². The first-order chi connectivity index (χ1) is 8.49. The summed E-state index contributed by atoms with van der Waals surface area (Å²) in [5.41, 5.74) is 2.74. The van der Waals surface area contributed by atoms with Crippen LogP contribution in [0.25, 0.3) is 0 Å². The maximum Gasteiger partial charge on any atom is 0.337 e. The number of benzene rings is 1. The van der Waals surface area contributed by atoms with Gasteiger partial charge in [0.15, 0.2) is 0 Å². The van der Waals surface area contributed by atoms with E-state index in [0.29, 0.717) is 17.5 Å². The first-order valence-corrected chi connectivity index (χ1v) is 6.45. The van der Waals surface area contributed by atoms with Crippen molar-refractivity contribution >= 4 is 11.7 Å². The Morgan fingerprint density at radius 3 is 2.56 bits per heavy atom. The molecule has 0 aliphatic rings. The average Bonchev–Trinajstić information content (AvgIpc) is 2.38. The molecule has 0 radical (unpaired) electrons. The summed E-state index contributed by atoms with van der Waals surface area (Å²) in [6, 6.07) is 6.01. The zero-order chi connectivity index (χ0) is 13.7. The van der Waals surface area contributed by atoms with Crippen molar-refractivity contribution in [3.63, 3.8) is 0 Å². The Bertz CT molecular complexity index is 415. The Kier molecular flexibility index (Phi) is 5.20. The minimum absolute atomic E-state index is 0.292. The zero-order valence-corrected chi connectivity index (χ0v) is 11.9. The molecule has 1 rings (SSSR count). The maximum absolute atomic E-state index is 11.4. The van der Waals surface area contributed by atoms with Gasteiger partial charge in [-0.1, -0.05) is 20.3 Å². The molecule has 2 atom stereocenters. The molecule has 0 saturated carbocycles. The minimum atomic E-state index is -0.292. The fourth-order valence-electron chi connectivity index (χ4n) is 1.81. The standard InChI is InChI=1S/C15H23NO2/c1-6-10(2)12(4)16-14-8-7-13(9-11(14)3)15(17)18-5/h7-10,12,16H,6H2,1-5H3. The fourth-order valence-corrected chi connectivity index (χ4v) is 1.81. The highest BCUT2D eigenvalue weighted by Gasteiger charge is 2.12. The molecule has 1 aromatic carbocycles. The van der Waals surface area contributed by atoms with Crippen LogP contribution in [0.1, 0.15) is 43.1 Å². The van der Waals surface area contributed by atoms with Gasteiger partial charge < -0.3 is 10.1 Å². The third-order valence-corrected chi connectivity index (χ3v) is 3.53. The summed E-state index contributed by atoms with van der Waals surface area (Å²) in [6.45, 7) is 8.60. The van der Waals surface area contributed by atoms with Gasteiger partial charge in [0.1, 0.15) is 0 Å². The number of carbonyl (C=O) groups is 1. The Morgan fingerprint density at radius 1 is 1.39 bits per heavy atom. The van der Waals surface area contributed by atoms with E-state index in [1.807, 2.05) is 19.1 Å². The molecule has 0 spiro atoms. The predicted octanol–water partition coefficient (Wildman–Crippen LogP) is 3.63. The van der Waals surface area contributed by atoms with Gasteiger partial charge in [-0.05, 0) is 43.5 Å². The summed E-state index contributed by atoms with van der Waals surface area (Å²) in [7, 11) is 1.40. The van der Waals surface area contributed by atoms with Crippen molar-refractivity contribution < 1.29 is 9.53 Å². The molecule has 0 saturated heterocycles. The molecule has 3 nitrogen and oxygen atoms in total. The molecule has 0 aromatic heterocycles. The quantitative estimate of drug-likeness (QED) is 0.810. The molecule has 2 unspecified atom stereocenters. The second kappa shape index (κ2) is 6.43. The summed E-state index contributed by atoms with van der Waals surface area (Å²) in [5.74, 6) is 0.323. The average molecular weight is 249 g/mol. The van der Waals surface area contributed by atoms with Crippen LogP contribution >= 0.6 is 0 Å². The normalized spacial score (nSPS) is 13.8. The number of aryl methyl sites for hydroxylation is 1. The van der Waals surface area contributed by atoms with E-state index in [2.05, 4.69) is 26.1 Å². The van der Waals surface area contributed by atoms with Crippen LogP contribution in [0.3, 0.4) is 0 Å². The summed E-state index contributed by atoms with van der Waals surface area (Å²) < 4.78 is 4.71. The number of methoxy groups -OCH3 is 1. The highest BCUT2D eigenvalue weighted by molar-refractivity contribution is 5.90. The Hall–Kier alpha value is -1.51. The molecule has 0 aliphatic carbocycles. The molecule has 18 heavy (non-hydrogen) atoms. The third-order valence-electron chi connectivity index (χ3n) is 3.53. The van der Waals surface area contributed by atoms with Crippen LogP contribution < -0.4 is 5.32 Å². The second-order valence-corrected chi connectivity index (χ2v) is 4.84. The highest BCUT2D eigenvalue weighted by atomic mass is 16.5. The lowest BCUT2D eigenvalue weighted by Gasteiger charge is -2.22. The molecule has 1 N–H and O–H groups in total. The van der Waals surface area contributed by atoms with Crippen LogP contribution in [-0.2, 0) is 4.74 Å². The van der Waals surface area contributed by atoms with Crippen molar-refractivity contribution in [2.75, 3.05) is 12.4 Å². The van der Waals surface area contributed by atoms with Gasteiger partial charge in [-0.15, -0.1) is 0 Å². The van der Waals surface area contributed by atoms with Gasteiger partial charge in [-0.3, -0.25) is 0 Å². The number of anilines is 1. The van der Waals surface area contributed by atoms with E-state index in [-0.39, 0.29) is 5.97 Å². The second-order valence-electron chi connectivity index (χ2n) is 4.84. The van der Waals surface area contributed by atoms with E-state index in [4.69, 9.17) is 4.74 Å². The number of rotatable bonds is 5. The highest BCUT2D eigenvalue weighted by Crippen LogP contribution is 2.20. The monoisotopic (exact) mass is 249 g/mol. The Balaban J connectivity index is 2.83. The lowest BCUT2D eigenvalue weighted by atomic mass is 10.00. The van der Waals surface area contributed by atoms with Crippen molar-refractivity contribution in [3.8, 4) is 0 Å². The number of hydrogen-bond acceptors (Lipinski definition) is 3. The van der Waals surface area contributed by atoms with E-state index in [0.717, 1.165) is 17.7 Å². The van der Waals surface area contributed by atoms with Gasteiger partial charge in [0.2, 0.25) is 0 Å². The van der Waals surface area contributed by atoms with Gasteiger partial charge in [0.25, 0.3) is 0 Å². The molecular weight excluding hydrogens is 226 g/mol. The van der Waals surface area contributed by atoms with Crippen LogP contribution in [0.5, 0.6) is 0 Å². The lowest BCUT2D eigenvalue weighted by Crippen LogP contribution is -2.23. The summed E-state index contributed by atoms with van der Waals surface area (Å²) in [6.07, 6.45) is 1.15. The van der Waals surface area contributed by atoms with E-state index in [1.54, 1.807) is 6.07 Å². The van der Waals surface area contributed by atoms with Crippen LogP contribution in [0.2, 0.25) is 0 Å². The van der Waals surface area contributed by atoms with Crippen molar-refractivity contribution in [2.24, 2.45) is 5.92 Å². The van der Waals surface area contributed by atoms with Gasteiger partial charge in [0, 0.05) is 11.7 Å². The van der Waals surface area contributed by atoms with Crippen molar-refractivity contribution in [3.05, 3.63) is 29.3 Å². The third kappa shape index (κ3) is 3.49. The van der Waals surface area contributed by atoms with Gasteiger partial charge in [0.05, 0.1) is 12.7 Å². The predicted molar refractivity (Wildman–Crippen MR) is 75.1 cm³/mol. The summed E-state index contributed by atoms with van der Waals surface area (Å²) in [4.78, 5) is 11.4. The van der Waals surface area contributed by atoms with E-state index in [1.165, 1.54) is 7.11 Å². The molecule has 0 heterocycles. The molecule has 100 valence electrons. The van der Waals surface area contributed by atoms with Crippen LogP contribution in [-0.4, -0.2) is 19.1 Å². The number of carbonyl (C=O) groups excluding carboxylic acids is 1. The number of ether oxygens (including phenoxy) is 1. The number of nitrogens with one attached hydrogen (secondary N) is 1. The zero-order valence-electron chi connectivity index (χ0n) is 11.9. The number of hydrogen-bond donors (Lipinski definition) is 1. The largest absolute Gasteiger partial charge is 0.465 e. The van der Waals surface area contributed by atoms with Gasteiger partial charge in [-0.2, -0.15) is 0 Å². The first-order valence-electron chi connectivity index (χ1n) is 6.45. The van der Waals surface area contributed by atoms with Crippen molar-refractivity contribution in [1.29, 1.82) is 0 Å². The summed E-state index contributed by atoms with van der Waals surface area (Å²) in [5, 5.41) is 3.49. The maximum atomic E-state index is 11.4. The molecule has 0 aliphatic heterocycles. The first kappa shape index (κ1) is 14.6. The van der Waals surface area contributed by atoms with E-state index >= 15 is 0 Å². The fraction of sp³-hybridized carbons (Fsp3) is 0.533. The molecule has 0 bridgehead atoms. The van der Waals surface area contributed by atoms with Crippen LogP contribution in [0.15, 0.2) is 18.2 Å². The van der Waals surface area contributed by atoms with Gasteiger partial charge in [-0.25, -0.2) is 4.79 Å². The SMILES string of the molecule is CCC(C)C(C)Nc1ccc(C(=O)OC)cc1C. The van der Waals surface area contributed by atoms with E-state index in [9.17, 15) is 4.79 Å². The minimum Gasteiger partial charge on any atom is -0.465 e. The smallest absolute Gasteiger partial charge is 0.337 e. The Morgan fingerprint density at radius 2 is 2.06 bits per heavy atom. The van der Waals surface area contributed by atoms with Crippen molar-refractivity contribution in [1.82, 2.24) is 0 Å².